The molecule has 0 aromatic heterocycles. The van der Waals surface area contributed by atoms with E-state index in [9.17, 15) is 28.8 Å². The zero-order valence-electron chi connectivity index (χ0n) is 22.0. The van der Waals surface area contributed by atoms with Crippen molar-refractivity contribution in [1.29, 1.82) is 0 Å². The molecule has 3 amide bonds. The van der Waals surface area contributed by atoms with Crippen LogP contribution in [0, 0.1) is 5.92 Å². The number of benzene rings is 1. The number of ether oxygens (including phenoxy) is 1. The summed E-state index contributed by atoms with van der Waals surface area (Å²) in [6.07, 6.45) is 4.03. The van der Waals surface area contributed by atoms with Crippen LogP contribution in [-0.4, -0.2) is 72.0 Å². The predicted molar refractivity (Wildman–Crippen MR) is 145 cm³/mol. The molecule has 38 heavy (non-hydrogen) atoms. The Kier molecular flexibility index (Phi) is 13.9. The van der Waals surface area contributed by atoms with Crippen molar-refractivity contribution in [3.05, 3.63) is 35.4 Å². The largest absolute Gasteiger partial charge is 0.364 e. The Hall–Kier alpha value is -2.85. The first-order valence-electron chi connectivity index (χ1n) is 13.1. The van der Waals surface area contributed by atoms with Crippen LogP contribution in [0.15, 0.2) is 24.3 Å². The summed E-state index contributed by atoms with van der Waals surface area (Å²) in [4.78, 5) is 72.2. The van der Waals surface area contributed by atoms with Gasteiger partial charge < -0.3 is 10.1 Å². The zero-order valence-corrected chi connectivity index (χ0v) is 22.9. The number of Topliss-reactive ketones (excluding diaryl/α,β-unsaturated/α-hetero) is 3. The molecule has 1 aliphatic rings. The van der Waals surface area contributed by atoms with Gasteiger partial charge in [-0.05, 0) is 43.1 Å². The van der Waals surface area contributed by atoms with Crippen LogP contribution in [0.2, 0.25) is 0 Å². The summed E-state index contributed by atoms with van der Waals surface area (Å²) < 4.78 is 5.24. The van der Waals surface area contributed by atoms with Gasteiger partial charge in [-0.2, -0.15) is 12.6 Å². The fraction of sp³-hybridized carbons (Fsp3) is 0.571. The molecule has 1 heterocycles. The summed E-state index contributed by atoms with van der Waals surface area (Å²) >= 11 is 4.04. The van der Waals surface area contributed by atoms with Gasteiger partial charge in [0.25, 0.3) is 0 Å². The molecule has 208 valence electrons. The topological polar surface area (TPSA) is 127 Å². The third-order valence-electron chi connectivity index (χ3n) is 6.44. The third kappa shape index (κ3) is 11.7. The van der Waals surface area contributed by atoms with Gasteiger partial charge in [-0.25, -0.2) is 0 Å². The lowest BCUT2D eigenvalue weighted by Crippen LogP contribution is -2.47. The first kappa shape index (κ1) is 31.4. The van der Waals surface area contributed by atoms with E-state index in [-0.39, 0.29) is 73.5 Å². The number of likely N-dealkylation sites (tertiary alicyclic amines) is 1. The standard InChI is InChI=1S/C28H38N2O7S/c1-20(31)23(17-24(32)12-15-38)4-2-3-13-29-26(34)19-37-18-25(33)16-22-7-5-21(6-8-22)9-10-27(35)30-14-11-28(30)36/h5-8,23,38H,2-4,9-19H2,1H3,(H,29,34). The number of nitrogens with zero attached hydrogens (tertiary/aromatic N) is 1. The van der Waals surface area contributed by atoms with Crippen LogP contribution < -0.4 is 5.32 Å². The number of imide groups is 1. The maximum Gasteiger partial charge on any atom is 0.246 e. The van der Waals surface area contributed by atoms with Crippen LogP contribution in [0.3, 0.4) is 0 Å². The van der Waals surface area contributed by atoms with Gasteiger partial charge in [0, 0.05) is 51.1 Å². The molecule has 9 nitrogen and oxygen atoms in total. The maximum absolute atomic E-state index is 12.2. The van der Waals surface area contributed by atoms with Crippen LogP contribution in [0.4, 0.5) is 0 Å². The second-order valence-corrected chi connectivity index (χ2v) is 10.0. The molecule has 1 saturated heterocycles. The predicted octanol–water partition coefficient (Wildman–Crippen LogP) is 2.28. The highest BCUT2D eigenvalue weighted by Crippen LogP contribution is 2.16. The first-order valence-corrected chi connectivity index (χ1v) is 13.7. The lowest BCUT2D eigenvalue weighted by molar-refractivity contribution is -0.152. The third-order valence-corrected chi connectivity index (χ3v) is 6.66. The van der Waals surface area contributed by atoms with E-state index in [4.69, 9.17) is 4.74 Å². The molecule has 0 spiro atoms. The molecule has 10 heteroatoms. The monoisotopic (exact) mass is 546 g/mol. The average molecular weight is 547 g/mol. The minimum atomic E-state index is -0.316. The summed E-state index contributed by atoms with van der Waals surface area (Å²) in [6.45, 7) is 2.05. The van der Waals surface area contributed by atoms with Gasteiger partial charge in [0.15, 0.2) is 5.78 Å². The summed E-state index contributed by atoms with van der Waals surface area (Å²) in [6, 6.07) is 7.37. The lowest BCUT2D eigenvalue weighted by Gasteiger charge is -2.28. The van der Waals surface area contributed by atoms with E-state index in [2.05, 4.69) is 17.9 Å². The first-order chi connectivity index (χ1) is 18.2. The molecule has 1 fully saturated rings. The highest BCUT2D eigenvalue weighted by atomic mass is 32.1. The molecule has 1 atom stereocenters. The summed E-state index contributed by atoms with van der Waals surface area (Å²) in [5, 5.41) is 2.73. The van der Waals surface area contributed by atoms with Crippen LogP contribution in [0.1, 0.15) is 63.0 Å². The number of carbonyl (C=O) groups is 6. The van der Waals surface area contributed by atoms with Gasteiger partial charge in [-0.15, -0.1) is 0 Å². The van der Waals surface area contributed by atoms with E-state index in [1.54, 1.807) is 0 Å². The molecule has 0 aliphatic carbocycles. The Morgan fingerprint density at radius 3 is 2.32 bits per heavy atom. The molecule has 1 unspecified atom stereocenters. The number of hydrogen-bond acceptors (Lipinski definition) is 8. The van der Waals surface area contributed by atoms with Gasteiger partial charge in [0.05, 0.1) is 0 Å². The number of thiol groups is 1. The number of amides is 3. The molecule has 0 radical (unpaired) electrons. The SMILES string of the molecule is CC(=O)C(CCCCNC(=O)COCC(=O)Cc1ccc(CCC(=O)N2CCC2=O)cc1)CC(=O)CCS. The molecule has 1 aromatic carbocycles. The Balaban J connectivity index is 1.55. The van der Waals surface area contributed by atoms with E-state index < -0.39 is 0 Å². The number of hydrogen-bond donors (Lipinski definition) is 2. The van der Waals surface area contributed by atoms with Crippen molar-refractivity contribution in [3.63, 3.8) is 0 Å². The zero-order chi connectivity index (χ0) is 27.9. The van der Waals surface area contributed by atoms with Crippen LogP contribution in [-0.2, 0) is 46.3 Å². The molecule has 0 saturated carbocycles. The van der Waals surface area contributed by atoms with E-state index in [1.165, 1.54) is 11.8 Å². The molecule has 1 aliphatic heterocycles. The Bertz CT molecular complexity index is 993. The van der Waals surface area contributed by atoms with Gasteiger partial charge in [-0.3, -0.25) is 33.7 Å². The van der Waals surface area contributed by atoms with Crippen molar-refractivity contribution in [1.82, 2.24) is 10.2 Å². The molecule has 1 N–H and O–H groups in total. The van der Waals surface area contributed by atoms with Crippen molar-refractivity contribution in [2.24, 2.45) is 5.92 Å². The quantitative estimate of drug-likeness (QED) is 0.155. The summed E-state index contributed by atoms with van der Waals surface area (Å²) in [7, 11) is 0. The molecular formula is C28H38N2O7S. The van der Waals surface area contributed by atoms with Gasteiger partial charge in [-0.1, -0.05) is 30.7 Å². The van der Waals surface area contributed by atoms with E-state index in [0.29, 0.717) is 57.4 Å². The van der Waals surface area contributed by atoms with Crippen molar-refractivity contribution in [3.8, 4) is 0 Å². The van der Waals surface area contributed by atoms with Crippen LogP contribution in [0.5, 0.6) is 0 Å². The highest BCUT2D eigenvalue weighted by Gasteiger charge is 2.29. The fourth-order valence-corrected chi connectivity index (χ4v) is 4.32. The Morgan fingerprint density at radius 2 is 1.71 bits per heavy atom. The van der Waals surface area contributed by atoms with E-state index in [1.807, 2.05) is 24.3 Å². The number of β-lactam (4-membered cyclic amide) rings is 1. The Morgan fingerprint density at radius 1 is 1.00 bits per heavy atom. The second kappa shape index (κ2) is 16.9. The maximum atomic E-state index is 12.2. The number of unbranched alkanes of at least 4 members (excludes halogenated alkanes) is 1. The lowest BCUT2D eigenvalue weighted by atomic mass is 9.92. The van der Waals surface area contributed by atoms with Gasteiger partial charge in [0.1, 0.15) is 24.8 Å². The number of aryl methyl sites for hydroxylation is 1. The number of rotatable bonds is 19. The molecule has 2 rings (SSSR count). The average Bonchev–Trinajstić information content (AvgIpc) is 2.86. The van der Waals surface area contributed by atoms with Crippen molar-refractivity contribution in [2.75, 3.05) is 32.1 Å². The molecule has 0 bridgehead atoms. The second-order valence-electron chi connectivity index (χ2n) is 9.58. The number of ketones is 3. The van der Waals surface area contributed by atoms with Gasteiger partial charge >= 0.3 is 0 Å². The highest BCUT2D eigenvalue weighted by molar-refractivity contribution is 7.80. The van der Waals surface area contributed by atoms with Crippen molar-refractivity contribution >= 4 is 47.7 Å². The van der Waals surface area contributed by atoms with E-state index >= 15 is 0 Å². The smallest absolute Gasteiger partial charge is 0.246 e. The van der Waals surface area contributed by atoms with Gasteiger partial charge in [0.2, 0.25) is 17.7 Å². The normalized spacial score (nSPS) is 13.5. The summed E-state index contributed by atoms with van der Waals surface area (Å²) in [5.41, 5.74) is 1.77. The van der Waals surface area contributed by atoms with Crippen molar-refractivity contribution < 1.29 is 33.5 Å². The Labute approximate surface area is 229 Å². The minimum Gasteiger partial charge on any atom is -0.364 e. The molecule has 1 aromatic rings. The fourth-order valence-electron chi connectivity index (χ4n) is 4.07. The van der Waals surface area contributed by atoms with Crippen molar-refractivity contribution in [2.45, 2.75) is 64.7 Å². The number of nitrogens with one attached hydrogen (secondary N) is 1. The molecular weight excluding hydrogens is 508 g/mol. The van der Waals surface area contributed by atoms with Crippen LogP contribution in [0.25, 0.3) is 0 Å². The van der Waals surface area contributed by atoms with Crippen LogP contribution >= 0.6 is 12.6 Å². The summed E-state index contributed by atoms with van der Waals surface area (Å²) in [5.74, 6) is -0.500. The number of carbonyl (C=O) groups excluding carboxylic acids is 6. The van der Waals surface area contributed by atoms with E-state index in [0.717, 1.165) is 11.1 Å². The minimum absolute atomic E-state index is 0.00312.